The van der Waals surface area contributed by atoms with Crippen LogP contribution in [0.2, 0.25) is 0 Å². The summed E-state index contributed by atoms with van der Waals surface area (Å²) in [5, 5.41) is 0.562. The van der Waals surface area contributed by atoms with Crippen LogP contribution in [0.15, 0.2) is 96.1 Å². The van der Waals surface area contributed by atoms with Crippen LogP contribution in [0.5, 0.6) is 0 Å². The van der Waals surface area contributed by atoms with Crippen molar-refractivity contribution >= 4 is 22.5 Å². The fourth-order valence-electron chi connectivity index (χ4n) is 3.31. The Labute approximate surface area is 168 Å². The molecule has 0 saturated heterocycles. The van der Waals surface area contributed by atoms with Gasteiger partial charge >= 0.3 is 0 Å². The van der Waals surface area contributed by atoms with Crippen molar-refractivity contribution in [2.75, 3.05) is 4.90 Å². The van der Waals surface area contributed by atoms with Gasteiger partial charge in [-0.15, -0.1) is 0 Å². The largest absolute Gasteiger partial charge is 0.308 e. The highest BCUT2D eigenvalue weighted by Crippen LogP contribution is 2.18. The molecule has 1 amide bonds. The number of amides is 1. The molecule has 0 spiro atoms. The van der Waals surface area contributed by atoms with Gasteiger partial charge in [-0.05, 0) is 29.8 Å². The van der Waals surface area contributed by atoms with E-state index >= 15 is 0 Å². The molecule has 4 rings (SSSR count). The highest BCUT2D eigenvalue weighted by atomic mass is 16.2. The first kappa shape index (κ1) is 18.6. The number of carbonyl (C=O) groups excluding carboxylic acids is 1. The van der Waals surface area contributed by atoms with E-state index in [4.69, 9.17) is 0 Å². The first-order chi connectivity index (χ1) is 14.2. The molecule has 3 aromatic carbocycles. The average Bonchev–Trinajstić information content (AvgIpc) is 2.78. The van der Waals surface area contributed by atoms with E-state index in [1.807, 2.05) is 78.9 Å². The van der Waals surface area contributed by atoms with Gasteiger partial charge in [0, 0.05) is 18.7 Å². The minimum atomic E-state index is -0.127. The van der Waals surface area contributed by atoms with Crippen molar-refractivity contribution in [2.24, 2.45) is 0 Å². The molecule has 0 bridgehead atoms. The Morgan fingerprint density at radius 1 is 0.862 bits per heavy atom. The minimum absolute atomic E-state index is 0.0416. The molecule has 5 nitrogen and oxygen atoms in total. The van der Waals surface area contributed by atoms with Gasteiger partial charge in [-0.1, -0.05) is 60.7 Å². The average molecular weight is 383 g/mol. The van der Waals surface area contributed by atoms with E-state index in [0.717, 1.165) is 11.3 Å². The van der Waals surface area contributed by atoms with Gasteiger partial charge in [0.15, 0.2) is 0 Å². The summed E-state index contributed by atoms with van der Waals surface area (Å²) >= 11 is 0. The number of benzene rings is 3. The second kappa shape index (κ2) is 8.52. The van der Waals surface area contributed by atoms with Gasteiger partial charge < -0.3 is 4.90 Å². The van der Waals surface area contributed by atoms with Crippen LogP contribution in [0.3, 0.4) is 0 Å². The van der Waals surface area contributed by atoms with Crippen LogP contribution in [0, 0.1) is 0 Å². The molecule has 0 aliphatic rings. The SMILES string of the molecule is O=C(CCn1cnc2ccccc2c1=O)N(Cc1ccccc1)c1ccccc1. The third-order valence-corrected chi connectivity index (χ3v) is 4.85. The molecule has 0 aliphatic carbocycles. The summed E-state index contributed by atoms with van der Waals surface area (Å²) in [5.74, 6) is -0.0416. The summed E-state index contributed by atoms with van der Waals surface area (Å²) in [6.07, 6.45) is 1.73. The Kier molecular flexibility index (Phi) is 5.47. The minimum Gasteiger partial charge on any atom is -0.308 e. The Morgan fingerprint density at radius 2 is 1.52 bits per heavy atom. The molecule has 0 fully saturated rings. The molecular formula is C24H21N3O2. The predicted octanol–water partition coefficient (Wildman–Crippen LogP) is 4.02. The van der Waals surface area contributed by atoms with Crippen LogP contribution >= 0.6 is 0 Å². The summed E-state index contributed by atoms with van der Waals surface area (Å²) in [6, 6.07) is 26.7. The van der Waals surface area contributed by atoms with E-state index in [1.165, 1.54) is 10.9 Å². The number of para-hydroxylation sites is 2. The normalized spacial score (nSPS) is 10.8. The van der Waals surface area contributed by atoms with Gasteiger partial charge in [0.1, 0.15) is 0 Å². The van der Waals surface area contributed by atoms with Crippen molar-refractivity contribution in [1.29, 1.82) is 0 Å². The maximum Gasteiger partial charge on any atom is 0.261 e. The summed E-state index contributed by atoms with van der Waals surface area (Å²) in [4.78, 5) is 31.8. The standard InChI is InChI=1S/C24H21N3O2/c28-23(15-16-26-18-25-22-14-8-7-13-21(22)24(26)29)27(20-11-5-2-6-12-20)17-19-9-3-1-4-10-19/h1-14,18H,15-17H2. The van der Waals surface area contributed by atoms with Gasteiger partial charge in [-0.2, -0.15) is 0 Å². The number of hydrogen-bond donors (Lipinski definition) is 0. The fourth-order valence-corrected chi connectivity index (χ4v) is 3.31. The molecule has 0 radical (unpaired) electrons. The second-order valence-corrected chi connectivity index (χ2v) is 6.81. The van der Waals surface area contributed by atoms with Crippen LogP contribution < -0.4 is 10.5 Å². The molecule has 1 aromatic heterocycles. The Morgan fingerprint density at radius 3 is 2.28 bits per heavy atom. The number of nitrogens with zero attached hydrogens (tertiary/aromatic N) is 3. The maximum atomic E-state index is 13.1. The van der Waals surface area contributed by atoms with Crippen LogP contribution in [0.4, 0.5) is 5.69 Å². The van der Waals surface area contributed by atoms with E-state index < -0.39 is 0 Å². The molecule has 0 saturated carbocycles. The summed E-state index contributed by atoms with van der Waals surface area (Å²) in [6.45, 7) is 0.766. The van der Waals surface area contributed by atoms with Crippen molar-refractivity contribution in [3.05, 3.63) is 107 Å². The van der Waals surface area contributed by atoms with Gasteiger partial charge in [-0.3, -0.25) is 14.2 Å². The zero-order valence-corrected chi connectivity index (χ0v) is 15.9. The third-order valence-electron chi connectivity index (χ3n) is 4.85. The van der Waals surface area contributed by atoms with Crippen LogP contribution in [0.1, 0.15) is 12.0 Å². The van der Waals surface area contributed by atoms with Crippen molar-refractivity contribution in [2.45, 2.75) is 19.5 Å². The van der Waals surface area contributed by atoms with E-state index in [2.05, 4.69) is 4.98 Å². The molecule has 4 aromatic rings. The molecule has 0 aliphatic heterocycles. The van der Waals surface area contributed by atoms with Crippen molar-refractivity contribution in [3.8, 4) is 0 Å². The lowest BCUT2D eigenvalue weighted by Gasteiger charge is -2.23. The molecule has 1 heterocycles. The lowest BCUT2D eigenvalue weighted by Crippen LogP contribution is -2.32. The second-order valence-electron chi connectivity index (χ2n) is 6.81. The number of anilines is 1. The zero-order chi connectivity index (χ0) is 20.1. The van der Waals surface area contributed by atoms with Crippen LogP contribution in [-0.4, -0.2) is 15.5 Å². The summed E-state index contributed by atoms with van der Waals surface area (Å²) in [7, 11) is 0. The lowest BCUT2D eigenvalue weighted by molar-refractivity contribution is -0.119. The molecule has 0 N–H and O–H groups in total. The molecule has 0 atom stereocenters. The van der Waals surface area contributed by atoms with Gasteiger partial charge in [0.25, 0.3) is 5.56 Å². The number of carbonyl (C=O) groups is 1. The van der Waals surface area contributed by atoms with Crippen molar-refractivity contribution < 1.29 is 4.79 Å². The summed E-state index contributed by atoms with van der Waals surface area (Å²) < 4.78 is 1.51. The first-order valence-electron chi connectivity index (χ1n) is 9.56. The van der Waals surface area contributed by atoms with Gasteiger partial charge in [0.2, 0.25) is 5.91 Å². The Balaban J connectivity index is 1.55. The molecular weight excluding hydrogens is 362 g/mol. The first-order valence-corrected chi connectivity index (χ1v) is 9.56. The highest BCUT2D eigenvalue weighted by Gasteiger charge is 2.16. The fraction of sp³-hybridized carbons (Fsp3) is 0.125. The predicted molar refractivity (Wildman–Crippen MR) is 115 cm³/mol. The van der Waals surface area contributed by atoms with Crippen LogP contribution in [-0.2, 0) is 17.9 Å². The summed E-state index contributed by atoms with van der Waals surface area (Å²) in [5.41, 5.74) is 2.42. The maximum absolute atomic E-state index is 13.1. The topological polar surface area (TPSA) is 55.2 Å². The number of aryl methyl sites for hydroxylation is 1. The Bertz CT molecular complexity index is 1170. The lowest BCUT2D eigenvalue weighted by atomic mass is 10.2. The molecule has 0 unspecified atom stereocenters. The molecule has 29 heavy (non-hydrogen) atoms. The van der Waals surface area contributed by atoms with Gasteiger partial charge in [0.05, 0.1) is 23.8 Å². The van der Waals surface area contributed by atoms with E-state index in [0.29, 0.717) is 17.4 Å². The smallest absolute Gasteiger partial charge is 0.261 e. The van der Waals surface area contributed by atoms with E-state index in [1.54, 1.807) is 11.0 Å². The van der Waals surface area contributed by atoms with E-state index in [9.17, 15) is 9.59 Å². The van der Waals surface area contributed by atoms with Gasteiger partial charge in [-0.25, -0.2) is 4.98 Å². The third kappa shape index (κ3) is 4.24. The number of aromatic nitrogens is 2. The molecule has 5 heteroatoms. The van der Waals surface area contributed by atoms with Crippen molar-refractivity contribution in [3.63, 3.8) is 0 Å². The number of rotatable bonds is 6. The van der Waals surface area contributed by atoms with Crippen LogP contribution in [0.25, 0.3) is 10.9 Å². The van der Waals surface area contributed by atoms with E-state index in [-0.39, 0.29) is 24.4 Å². The van der Waals surface area contributed by atoms with Crippen molar-refractivity contribution in [1.82, 2.24) is 9.55 Å². The zero-order valence-electron chi connectivity index (χ0n) is 15.9. The number of fused-ring (bicyclic) bond motifs is 1. The Hall–Kier alpha value is -3.73. The quantitative estimate of drug-likeness (QED) is 0.505. The number of hydrogen-bond acceptors (Lipinski definition) is 3. The molecule has 144 valence electrons. The monoisotopic (exact) mass is 383 g/mol. The highest BCUT2D eigenvalue weighted by molar-refractivity contribution is 5.93.